The van der Waals surface area contributed by atoms with Crippen molar-refractivity contribution in [2.75, 3.05) is 19.5 Å². The number of ether oxygens (including phenoxy) is 2. The maximum atomic E-state index is 13.0. The predicted octanol–water partition coefficient (Wildman–Crippen LogP) is 1.42. The van der Waals surface area contributed by atoms with E-state index in [4.69, 9.17) is 15.2 Å². The van der Waals surface area contributed by atoms with Crippen LogP contribution in [0.1, 0.15) is 30.0 Å². The Morgan fingerprint density at radius 2 is 2.07 bits per heavy atom. The molecule has 1 aromatic heterocycles. The molecule has 8 nitrogen and oxygen atoms in total. The third kappa shape index (κ3) is 4.02. The Hall–Kier alpha value is -3.13. The van der Waals surface area contributed by atoms with Crippen LogP contribution in [0.2, 0.25) is 0 Å². The fourth-order valence-corrected chi connectivity index (χ4v) is 3.65. The SMILES string of the molecule is COc1ccc([C@@H]2[C@@H](C(=O)NCc3cccnc3N)OCC(=O)N2C2CC2)cc1. The van der Waals surface area contributed by atoms with Crippen molar-refractivity contribution in [3.8, 4) is 5.75 Å². The first kappa shape index (κ1) is 19.2. The van der Waals surface area contributed by atoms with Crippen LogP contribution in [-0.4, -0.2) is 47.6 Å². The molecule has 0 unspecified atom stereocenters. The first-order chi connectivity index (χ1) is 14.1. The summed E-state index contributed by atoms with van der Waals surface area (Å²) in [5.41, 5.74) is 7.43. The predicted molar refractivity (Wildman–Crippen MR) is 106 cm³/mol. The molecule has 1 aliphatic carbocycles. The van der Waals surface area contributed by atoms with E-state index in [1.165, 1.54) is 0 Å². The summed E-state index contributed by atoms with van der Waals surface area (Å²) in [6, 6.07) is 10.6. The molecule has 8 heteroatoms. The van der Waals surface area contributed by atoms with Crippen molar-refractivity contribution in [1.29, 1.82) is 0 Å². The van der Waals surface area contributed by atoms with Crippen LogP contribution in [0.15, 0.2) is 42.6 Å². The van der Waals surface area contributed by atoms with Gasteiger partial charge in [0.15, 0.2) is 6.10 Å². The Kier molecular flexibility index (Phi) is 5.35. The molecule has 1 aromatic carbocycles. The second kappa shape index (κ2) is 8.08. The van der Waals surface area contributed by atoms with Gasteiger partial charge in [0.25, 0.3) is 5.91 Å². The van der Waals surface area contributed by atoms with Crippen molar-refractivity contribution < 1.29 is 19.1 Å². The lowest BCUT2D eigenvalue weighted by molar-refractivity contribution is -0.165. The fraction of sp³-hybridized carbons (Fsp3) is 0.381. The van der Waals surface area contributed by atoms with Gasteiger partial charge in [-0.3, -0.25) is 9.59 Å². The number of nitrogens with two attached hydrogens (primary N) is 1. The third-order valence-electron chi connectivity index (χ3n) is 5.30. The molecule has 2 aromatic rings. The van der Waals surface area contributed by atoms with Gasteiger partial charge in [0, 0.05) is 24.3 Å². The monoisotopic (exact) mass is 396 g/mol. The van der Waals surface area contributed by atoms with Crippen LogP contribution in [-0.2, 0) is 20.9 Å². The molecule has 2 heterocycles. The average Bonchev–Trinajstić information content (AvgIpc) is 3.58. The summed E-state index contributed by atoms with van der Waals surface area (Å²) < 4.78 is 10.9. The molecule has 0 radical (unpaired) electrons. The number of rotatable bonds is 6. The van der Waals surface area contributed by atoms with E-state index in [0.717, 1.165) is 24.0 Å². The van der Waals surface area contributed by atoms with Crippen molar-refractivity contribution in [2.45, 2.75) is 37.6 Å². The zero-order valence-electron chi connectivity index (χ0n) is 16.2. The van der Waals surface area contributed by atoms with Crippen LogP contribution >= 0.6 is 0 Å². The number of nitrogen functional groups attached to an aromatic ring is 1. The highest BCUT2D eigenvalue weighted by Crippen LogP contribution is 2.39. The zero-order valence-corrected chi connectivity index (χ0v) is 16.2. The van der Waals surface area contributed by atoms with Gasteiger partial charge in [-0.25, -0.2) is 4.98 Å². The number of anilines is 1. The molecule has 29 heavy (non-hydrogen) atoms. The number of carbonyl (C=O) groups excluding carboxylic acids is 2. The quantitative estimate of drug-likeness (QED) is 0.765. The number of hydrogen-bond acceptors (Lipinski definition) is 6. The van der Waals surface area contributed by atoms with E-state index in [1.807, 2.05) is 35.2 Å². The van der Waals surface area contributed by atoms with Crippen molar-refractivity contribution in [3.05, 3.63) is 53.7 Å². The average molecular weight is 396 g/mol. The van der Waals surface area contributed by atoms with Crippen LogP contribution < -0.4 is 15.8 Å². The summed E-state index contributed by atoms with van der Waals surface area (Å²) in [7, 11) is 1.60. The third-order valence-corrected chi connectivity index (χ3v) is 5.30. The first-order valence-corrected chi connectivity index (χ1v) is 9.62. The smallest absolute Gasteiger partial charge is 0.251 e. The second-order valence-corrected chi connectivity index (χ2v) is 7.25. The van der Waals surface area contributed by atoms with E-state index < -0.39 is 12.1 Å². The number of hydrogen-bond donors (Lipinski definition) is 2. The number of nitrogens with one attached hydrogen (secondary N) is 1. The highest BCUT2D eigenvalue weighted by Gasteiger charge is 2.47. The van der Waals surface area contributed by atoms with Gasteiger partial charge in [-0.15, -0.1) is 0 Å². The van der Waals surface area contributed by atoms with Gasteiger partial charge < -0.3 is 25.4 Å². The minimum absolute atomic E-state index is 0.0890. The van der Waals surface area contributed by atoms with Crippen LogP contribution in [0, 0.1) is 0 Å². The number of morpholine rings is 1. The first-order valence-electron chi connectivity index (χ1n) is 9.62. The lowest BCUT2D eigenvalue weighted by atomic mass is 9.96. The highest BCUT2D eigenvalue weighted by molar-refractivity contribution is 5.86. The topological polar surface area (TPSA) is 107 Å². The number of benzene rings is 1. The van der Waals surface area contributed by atoms with Crippen LogP contribution in [0.5, 0.6) is 5.75 Å². The molecule has 3 N–H and O–H groups in total. The van der Waals surface area contributed by atoms with Gasteiger partial charge in [-0.05, 0) is 36.6 Å². The Labute approximate surface area is 169 Å². The van der Waals surface area contributed by atoms with E-state index in [9.17, 15) is 9.59 Å². The molecule has 0 spiro atoms. The zero-order chi connectivity index (χ0) is 20.4. The molecule has 1 saturated carbocycles. The number of carbonyl (C=O) groups is 2. The van der Waals surface area contributed by atoms with Gasteiger partial charge in [-0.1, -0.05) is 18.2 Å². The minimum Gasteiger partial charge on any atom is -0.497 e. The van der Waals surface area contributed by atoms with Gasteiger partial charge in [0.05, 0.1) is 13.2 Å². The molecular formula is C21H24N4O4. The molecule has 0 bridgehead atoms. The van der Waals surface area contributed by atoms with E-state index in [0.29, 0.717) is 11.6 Å². The van der Waals surface area contributed by atoms with E-state index >= 15 is 0 Å². The summed E-state index contributed by atoms with van der Waals surface area (Å²) in [6.07, 6.45) is 2.68. The Morgan fingerprint density at radius 3 is 2.72 bits per heavy atom. The summed E-state index contributed by atoms with van der Waals surface area (Å²) in [6.45, 7) is 0.140. The van der Waals surface area contributed by atoms with E-state index in [1.54, 1.807) is 19.4 Å². The molecule has 2 atom stereocenters. The summed E-state index contributed by atoms with van der Waals surface area (Å²) in [4.78, 5) is 31.5. The standard InChI is InChI=1S/C21H24N4O4/c1-28-16-8-4-13(5-9-16)18-19(29-12-17(26)25(18)15-6-7-15)21(27)24-11-14-3-2-10-23-20(14)22/h2-5,8-10,15,18-19H,6-7,11-12H2,1H3,(H2,22,23)(H,24,27)/t18-,19+/m1/s1. The van der Waals surface area contributed by atoms with Gasteiger partial charge in [-0.2, -0.15) is 0 Å². The number of aromatic nitrogens is 1. The molecule has 4 rings (SSSR count). The Bertz CT molecular complexity index is 898. The van der Waals surface area contributed by atoms with Crippen LogP contribution in [0.4, 0.5) is 5.82 Å². The van der Waals surface area contributed by atoms with E-state index in [2.05, 4.69) is 10.3 Å². The normalized spacial score (nSPS) is 21.7. The Balaban J connectivity index is 1.57. The Morgan fingerprint density at radius 1 is 1.31 bits per heavy atom. The van der Waals surface area contributed by atoms with Gasteiger partial charge in [0.2, 0.25) is 5.91 Å². The maximum Gasteiger partial charge on any atom is 0.251 e. The van der Waals surface area contributed by atoms with Crippen molar-refractivity contribution in [2.24, 2.45) is 0 Å². The summed E-state index contributed by atoms with van der Waals surface area (Å²) >= 11 is 0. The molecule has 152 valence electrons. The molecule has 1 saturated heterocycles. The largest absolute Gasteiger partial charge is 0.497 e. The lowest BCUT2D eigenvalue weighted by Crippen LogP contribution is -2.55. The lowest BCUT2D eigenvalue weighted by Gasteiger charge is -2.40. The summed E-state index contributed by atoms with van der Waals surface area (Å²) in [5.74, 6) is 0.711. The number of pyridine rings is 1. The van der Waals surface area contributed by atoms with Crippen molar-refractivity contribution in [3.63, 3.8) is 0 Å². The van der Waals surface area contributed by atoms with Gasteiger partial charge in [0.1, 0.15) is 18.2 Å². The van der Waals surface area contributed by atoms with Crippen molar-refractivity contribution >= 4 is 17.6 Å². The fourth-order valence-electron chi connectivity index (χ4n) is 3.65. The number of amides is 2. The minimum atomic E-state index is -0.806. The van der Waals surface area contributed by atoms with Crippen molar-refractivity contribution in [1.82, 2.24) is 15.2 Å². The van der Waals surface area contributed by atoms with Gasteiger partial charge >= 0.3 is 0 Å². The molecule has 2 fully saturated rings. The van der Waals surface area contributed by atoms with E-state index in [-0.39, 0.29) is 31.0 Å². The second-order valence-electron chi connectivity index (χ2n) is 7.25. The summed E-state index contributed by atoms with van der Waals surface area (Å²) in [5, 5.41) is 2.88. The molecule has 2 aliphatic rings. The molecule has 1 aliphatic heterocycles. The number of methoxy groups -OCH3 is 1. The number of nitrogens with zero attached hydrogens (tertiary/aromatic N) is 2. The molecule has 2 amide bonds. The van der Waals surface area contributed by atoms with Crippen LogP contribution in [0.3, 0.4) is 0 Å². The maximum absolute atomic E-state index is 13.0. The molecular weight excluding hydrogens is 372 g/mol. The highest BCUT2D eigenvalue weighted by atomic mass is 16.5. The van der Waals surface area contributed by atoms with Crippen LogP contribution in [0.25, 0.3) is 0 Å².